The maximum Gasteiger partial charge on any atom is 0.223 e. The maximum atomic E-state index is 12.4. The number of carbonyl (C=O) groups is 1. The molecule has 0 bridgehead atoms. The van der Waals surface area contributed by atoms with Crippen LogP contribution in [0, 0.1) is 0 Å². The third-order valence-electron chi connectivity index (χ3n) is 5.25. The SMILES string of the molecule is COc1ccc(N2CCN(C(=O)CCNCCCc3ccccc3)CC2)cc1. The Kier molecular flexibility index (Phi) is 7.73. The minimum absolute atomic E-state index is 0.255. The Balaban J connectivity index is 1.29. The molecule has 150 valence electrons. The second-order valence-electron chi connectivity index (χ2n) is 7.16. The van der Waals surface area contributed by atoms with Gasteiger partial charge in [-0.25, -0.2) is 0 Å². The van der Waals surface area contributed by atoms with Gasteiger partial charge in [0.25, 0.3) is 0 Å². The molecule has 2 aromatic rings. The van der Waals surface area contributed by atoms with Gasteiger partial charge in [-0.2, -0.15) is 0 Å². The molecule has 1 aliphatic heterocycles. The summed E-state index contributed by atoms with van der Waals surface area (Å²) in [5.41, 5.74) is 2.56. The van der Waals surface area contributed by atoms with Gasteiger partial charge in [-0.3, -0.25) is 4.79 Å². The highest BCUT2D eigenvalue weighted by molar-refractivity contribution is 5.76. The molecule has 1 N–H and O–H groups in total. The zero-order chi connectivity index (χ0) is 19.6. The molecule has 2 aromatic carbocycles. The van der Waals surface area contributed by atoms with Crippen molar-refractivity contribution >= 4 is 11.6 Å². The topological polar surface area (TPSA) is 44.8 Å². The van der Waals surface area contributed by atoms with E-state index in [0.29, 0.717) is 6.42 Å². The van der Waals surface area contributed by atoms with Crippen molar-refractivity contribution in [3.05, 3.63) is 60.2 Å². The number of nitrogens with zero attached hydrogens (tertiary/aromatic N) is 2. The number of nitrogens with one attached hydrogen (secondary N) is 1. The predicted molar refractivity (Wildman–Crippen MR) is 114 cm³/mol. The van der Waals surface area contributed by atoms with Crippen molar-refractivity contribution in [3.63, 3.8) is 0 Å². The van der Waals surface area contributed by atoms with Crippen molar-refractivity contribution < 1.29 is 9.53 Å². The van der Waals surface area contributed by atoms with Crippen LogP contribution in [0.1, 0.15) is 18.4 Å². The van der Waals surface area contributed by atoms with E-state index in [1.165, 1.54) is 11.3 Å². The minimum Gasteiger partial charge on any atom is -0.497 e. The van der Waals surface area contributed by atoms with Crippen molar-refractivity contribution in [1.29, 1.82) is 0 Å². The molecule has 0 radical (unpaired) electrons. The zero-order valence-electron chi connectivity index (χ0n) is 16.8. The van der Waals surface area contributed by atoms with E-state index in [0.717, 1.165) is 57.9 Å². The minimum atomic E-state index is 0.255. The van der Waals surface area contributed by atoms with E-state index >= 15 is 0 Å². The summed E-state index contributed by atoms with van der Waals surface area (Å²) < 4.78 is 5.21. The van der Waals surface area contributed by atoms with E-state index in [2.05, 4.69) is 46.6 Å². The van der Waals surface area contributed by atoms with Gasteiger partial charge in [-0.15, -0.1) is 0 Å². The Morgan fingerprint density at radius 3 is 2.36 bits per heavy atom. The van der Waals surface area contributed by atoms with Gasteiger partial charge < -0.3 is 19.9 Å². The Morgan fingerprint density at radius 1 is 0.964 bits per heavy atom. The molecule has 5 nitrogen and oxygen atoms in total. The van der Waals surface area contributed by atoms with Gasteiger partial charge in [0.2, 0.25) is 5.91 Å². The van der Waals surface area contributed by atoms with Crippen LogP contribution in [0.2, 0.25) is 0 Å². The lowest BCUT2D eigenvalue weighted by molar-refractivity contribution is -0.131. The third kappa shape index (κ3) is 5.99. The van der Waals surface area contributed by atoms with Gasteiger partial charge in [-0.05, 0) is 49.2 Å². The molecular formula is C23H31N3O2. The van der Waals surface area contributed by atoms with E-state index < -0.39 is 0 Å². The molecule has 0 atom stereocenters. The largest absolute Gasteiger partial charge is 0.497 e. The van der Waals surface area contributed by atoms with Crippen LogP contribution < -0.4 is 15.0 Å². The lowest BCUT2D eigenvalue weighted by Gasteiger charge is -2.36. The van der Waals surface area contributed by atoms with Gasteiger partial charge in [0.1, 0.15) is 5.75 Å². The van der Waals surface area contributed by atoms with Crippen LogP contribution in [0.4, 0.5) is 5.69 Å². The third-order valence-corrected chi connectivity index (χ3v) is 5.25. The number of methoxy groups -OCH3 is 1. The Hall–Kier alpha value is -2.53. The Bertz CT molecular complexity index is 710. The highest BCUT2D eigenvalue weighted by atomic mass is 16.5. The summed E-state index contributed by atoms with van der Waals surface area (Å²) in [7, 11) is 1.68. The molecule has 1 heterocycles. The van der Waals surface area contributed by atoms with Crippen LogP contribution in [0.25, 0.3) is 0 Å². The summed E-state index contributed by atoms with van der Waals surface area (Å²) in [6.45, 7) is 5.04. The second-order valence-corrected chi connectivity index (χ2v) is 7.16. The van der Waals surface area contributed by atoms with Crippen LogP contribution >= 0.6 is 0 Å². The summed E-state index contributed by atoms with van der Waals surface area (Å²) in [6.07, 6.45) is 2.75. The average Bonchev–Trinajstić information content (AvgIpc) is 2.77. The first-order valence-corrected chi connectivity index (χ1v) is 10.2. The molecule has 0 aromatic heterocycles. The van der Waals surface area contributed by atoms with Crippen LogP contribution in [0.3, 0.4) is 0 Å². The smallest absolute Gasteiger partial charge is 0.223 e. The number of piperazine rings is 1. The van der Waals surface area contributed by atoms with Crippen molar-refractivity contribution in [2.45, 2.75) is 19.3 Å². The number of aryl methyl sites for hydroxylation is 1. The Labute approximate surface area is 168 Å². The van der Waals surface area contributed by atoms with Crippen LogP contribution in [0.15, 0.2) is 54.6 Å². The number of amides is 1. The maximum absolute atomic E-state index is 12.4. The number of ether oxygens (including phenoxy) is 1. The van der Waals surface area contributed by atoms with Crippen LogP contribution in [-0.4, -0.2) is 57.2 Å². The lowest BCUT2D eigenvalue weighted by Crippen LogP contribution is -2.49. The molecule has 0 unspecified atom stereocenters. The first kappa shape index (κ1) is 20.2. The molecule has 0 saturated carbocycles. The summed E-state index contributed by atoms with van der Waals surface area (Å²) in [4.78, 5) is 16.7. The molecule has 5 heteroatoms. The standard InChI is InChI=1S/C23H31N3O2/c1-28-22-11-9-21(10-12-22)25-16-18-26(19-17-25)23(27)13-15-24-14-5-8-20-6-3-2-4-7-20/h2-4,6-7,9-12,24H,5,8,13-19H2,1H3. The van der Waals surface area contributed by atoms with E-state index in [1.54, 1.807) is 7.11 Å². The van der Waals surface area contributed by atoms with Gasteiger partial charge in [-0.1, -0.05) is 30.3 Å². The normalized spacial score (nSPS) is 14.2. The fraction of sp³-hybridized carbons (Fsp3) is 0.435. The van der Waals surface area contributed by atoms with Gasteiger partial charge in [0.05, 0.1) is 7.11 Å². The fourth-order valence-electron chi connectivity index (χ4n) is 3.55. The number of benzene rings is 2. The molecule has 3 rings (SSSR count). The molecule has 28 heavy (non-hydrogen) atoms. The highest BCUT2D eigenvalue weighted by Gasteiger charge is 2.20. The van der Waals surface area contributed by atoms with Crippen LogP contribution in [-0.2, 0) is 11.2 Å². The first-order chi connectivity index (χ1) is 13.8. The highest BCUT2D eigenvalue weighted by Crippen LogP contribution is 2.20. The number of hydrogen-bond donors (Lipinski definition) is 1. The summed E-state index contributed by atoms with van der Waals surface area (Å²) in [5.74, 6) is 1.12. The molecule has 0 spiro atoms. The summed E-state index contributed by atoms with van der Waals surface area (Å²) in [5, 5.41) is 3.40. The monoisotopic (exact) mass is 381 g/mol. The quantitative estimate of drug-likeness (QED) is 0.679. The first-order valence-electron chi connectivity index (χ1n) is 10.2. The van der Waals surface area contributed by atoms with Crippen molar-refractivity contribution in [2.24, 2.45) is 0 Å². The molecule has 1 amide bonds. The lowest BCUT2D eigenvalue weighted by atomic mass is 10.1. The number of carbonyl (C=O) groups excluding carboxylic acids is 1. The van der Waals surface area contributed by atoms with E-state index in [9.17, 15) is 4.79 Å². The number of hydrogen-bond acceptors (Lipinski definition) is 4. The van der Waals surface area contributed by atoms with Crippen LogP contribution in [0.5, 0.6) is 5.75 Å². The van der Waals surface area contributed by atoms with Crippen molar-refractivity contribution in [3.8, 4) is 5.75 Å². The van der Waals surface area contributed by atoms with Gasteiger partial charge in [0.15, 0.2) is 0 Å². The molecule has 0 aliphatic carbocycles. The van der Waals surface area contributed by atoms with Gasteiger partial charge >= 0.3 is 0 Å². The number of rotatable bonds is 9. The second kappa shape index (κ2) is 10.7. The molecule has 1 fully saturated rings. The average molecular weight is 382 g/mol. The Morgan fingerprint density at radius 2 is 1.68 bits per heavy atom. The zero-order valence-corrected chi connectivity index (χ0v) is 16.8. The fourth-order valence-corrected chi connectivity index (χ4v) is 3.55. The summed E-state index contributed by atoms with van der Waals surface area (Å²) >= 11 is 0. The summed E-state index contributed by atoms with van der Waals surface area (Å²) in [6, 6.07) is 18.7. The van der Waals surface area contributed by atoms with E-state index in [1.807, 2.05) is 23.1 Å². The molecular weight excluding hydrogens is 350 g/mol. The van der Waals surface area contributed by atoms with E-state index in [4.69, 9.17) is 4.74 Å². The van der Waals surface area contributed by atoms with E-state index in [-0.39, 0.29) is 5.91 Å². The van der Waals surface area contributed by atoms with Crippen molar-refractivity contribution in [1.82, 2.24) is 10.2 Å². The van der Waals surface area contributed by atoms with Crippen molar-refractivity contribution in [2.75, 3.05) is 51.3 Å². The predicted octanol–water partition coefficient (Wildman–Crippen LogP) is 2.96. The number of anilines is 1. The molecule has 1 aliphatic rings. The molecule has 1 saturated heterocycles. The van der Waals surface area contributed by atoms with Gasteiger partial charge in [0, 0.05) is 44.8 Å².